The number of nitrogens with two attached hydrogens (primary N) is 1. The van der Waals surface area contributed by atoms with Crippen molar-refractivity contribution in [1.82, 2.24) is 14.6 Å². The van der Waals surface area contributed by atoms with E-state index in [4.69, 9.17) is 15.2 Å². The molecule has 0 aliphatic rings. The average molecular weight is 673 g/mol. The van der Waals surface area contributed by atoms with Gasteiger partial charge in [0.05, 0.1) is 10.6 Å². The molecule has 0 aliphatic heterocycles. The SMILES string of the molecule is CS(=O)(=O)c1ccc(Nc2nc3ccc(-c4ccc(NC(=O)[C@H](OC(N)=O)c5ccc(F)cc5)cc4)cn3n2)c(OCC(F)(F)F)c1. The van der Waals surface area contributed by atoms with Gasteiger partial charge in [-0.1, -0.05) is 24.3 Å². The van der Waals surface area contributed by atoms with Crippen LogP contribution in [0.1, 0.15) is 11.7 Å². The third kappa shape index (κ3) is 8.31. The molecule has 4 N–H and O–H groups in total. The molecular weight excluding hydrogens is 648 g/mol. The summed E-state index contributed by atoms with van der Waals surface area (Å²) in [4.78, 5) is 28.3. The number of ether oxygens (including phenoxy) is 2. The average Bonchev–Trinajstić information content (AvgIpc) is 3.41. The Bertz CT molecular complexity index is 2050. The maximum atomic E-state index is 13.3. The van der Waals surface area contributed by atoms with Gasteiger partial charge in [0.15, 0.2) is 22.1 Å². The quantitative estimate of drug-likeness (QED) is 0.165. The summed E-state index contributed by atoms with van der Waals surface area (Å²) in [6.07, 6.45) is -4.71. The molecular formula is C30H24F4N6O6S. The Labute approximate surface area is 264 Å². The fourth-order valence-corrected chi connectivity index (χ4v) is 4.96. The lowest BCUT2D eigenvalue weighted by atomic mass is 10.1. The first kappa shape index (κ1) is 32.7. The van der Waals surface area contributed by atoms with Crippen molar-refractivity contribution < 1.29 is 45.0 Å². The summed E-state index contributed by atoms with van der Waals surface area (Å²) in [5.41, 5.74) is 7.47. The number of fused-ring (bicyclic) bond motifs is 1. The van der Waals surface area contributed by atoms with Gasteiger partial charge in [0.2, 0.25) is 12.1 Å². The molecule has 12 nitrogen and oxygen atoms in total. The zero-order chi connectivity index (χ0) is 33.9. The van der Waals surface area contributed by atoms with Gasteiger partial charge in [-0.15, -0.1) is 5.10 Å². The Morgan fingerprint density at radius 1 is 0.979 bits per heavy atom. The lowest BCUT2D eigenvalue weighted by Gasteiger charge is -2.17. The van der Waals surface area contributed by atoms with Gasteiger partial charge in [0.1, 0.15) is 11.6 Å². The number of halogens is 4. The molecule has 0 unspecified atom stereocenters. The van der Waals surface area contributed by atoms with Gasteiger partial charge < -0.3 is 25.8 Å². The number of primary amides is 1. The first-order valence-electron chi connectivity index (χ1n) is 13.4. The molecule has 2 amide bonds. The first-order valence-corrected chi connectivity index (χ1v) is 15.3. The van der Waals surface area contributed by atoms with E-state index in [1.165, 1.54) is 28.8 Å². The summed E-state index contributed by atoms with van der Waals surface area (Å²) in [5.74, 6) is -1.62. The van der Waals surface area contributed by atoms with Gasteiger partial charge >= 0.3 is 12.3 Å². The molecule has 1 atom stereocenters. The van der Waals surface area contributed by atoms with Gasteiger partial charge in [-0.2, -0.15) is 18.2 Å². The van der Waals surface area contributed by atoms with E-state index >= 15 is 0 Å². The number of sulfone groups is 1. The van der Waals surface area contributed by atoms with Crippen LogP contribution in [0.2, 0.25) is 0 Å². The highest BCUT2D eigenvalue weighted by molar-refractivity contribution is 7.90. The number of carbonyl (C=O) groups excluding carboxylic acids is 2. The normalized spacial score (nSPS) is 12.4. The molecule has 0 bridgehead atoms. The third-order valence-electron chi connectivity index (χ3n) is 6.48. The van der Waals surface area contributed by atoms with Crippen molar-refractivity contribution in [3.8, 4) is 16.9 Å². The van der Waals surface area contributed by atoms with Crippen LogP contribution in [0.25, 0.3) is 16.8 Å². The van der Waals surface area contributed by atoms with E-state index in [-0.39, 0.29) is 27.8 Å². The minimum atomic E-state index is -4.66. The molecule has 0 fully saturated rings. The molecule has 0 aliphatic carbocycles. The molecule has 47 heavy (non-hydrogen) atoms. The highest BCUT2D eigenvalue weighted by Crippen LogP contribution is 2.32. The Morgan fingerprint density at radius 3 is 2.30 bits per heavy atom. The van der Waals surface area contributed by atoms with Crippen LogP contribution in [0.3, 0.4) is 0 Å². The predicted octanol–water partition coefficient (Wildman–Crippen LogP) is 5.40. The van der Waals surface area contributed by atoms with E-state index in [0.29, 0.717) is 22.5 Å². The summed E-state index contributed by atoms with van der Waals surface area (Å²) in [5, 5.41) is 9.71. The summed E-state index contributed by atoms with van der Waals surface area (Å²) < 4.78 is 87.0. The van der Waals surface area contributed by atoms with Crippen LogP contribution in [-0.4, -0.2) is 54.1 Å². The molecule has 0 spiro atoms. The maximum Gasteiger partial charge on any atom is 0.422 e. The van der Waals surface area contributed by atoms with Crippen molar-refractivity contribution in [2.45, 2.75) is 17.2 Å². The number of benzene rings is 3. The van der Waals surface area contributed by atoms with E-state index in [0.717, 1.165) is 24.5 Å². The number of nitrogens with zero attached hydrogens (tertiary/aromatic N) is 3. The van der Waals surface area contributed by atoms with Gasteiger partial charge in [0.25, 0.3) is 5.91 Å². The second-order valence-corrected chi connectivity index (χ2v) is 12.1. The number of hydrogen-bond acceptors (Lipinski definition) is 9. The number of aromatic nitrogens is 3. The maximum absolute atomic E-state index is 13.3. The number of rotatable bonds is 10. The molecule has 244 valence electrons. The Balaban J connectivity index is 1.33. The summed E-state index contributed by atoms with van der Waals surface area (Å²) in [6, 6.07) is 18.2. The molecule has 2 heterocycles. The monoisotopic (exact) mass is 672 g/mol. The molecule has 17 heteroatoms. The summed E-state index contributed by atoms with van der Waals surface area (Å²) in [7, 11) is -3.73. The van der Waals surface area contributed by atoms with Crippen molar-refractivity contribution in [1.29, 1.82) is 0 Å². The Morgan fingerprint density at radius 2 is 1.66 bits per heavy atom. The third-order valence-corrected chi connectivity index (χ3v) is 7.59. The van der Waals surface area contributed by atoms with Crippen molar-refractivity contribution in [2.75, 3.05) is 23.5 Å². The number of pyridine rings is 1. The van der Waals surface area contributed by atoms with Crippen LogP contribution in [-0.2, 0) is 19.4 Å². The number of carbonyl (C=O) groups is 2. The molecule has 3 aromatic carbocycles. The van der Waals surface area contributed by atoms with Crippen LogP contribution in [0.5, 0.6) is 5.75 Å². The highest BCUT2D eigenvalue weighted by Gasteiger charge is 2.29. The second-order valence-electron chi connectivity index (χ2n) is 10.1. The number of nitrogens with one attached hydrogen (secondary N) is 2. The van der Waals surface area contributed by atoms with Crippen LogP contribution < -0.4 is 21.1 Å². The first-order chi connectivity index (χ1) is 22.1. The zero-order valence-electron chi connectivity index (χ0n) is 24.2. The van der Waals surface area contributed by atoms with Gasteiger partial charge in [-0.25, -0.2) is 22.1 Å². The van der Waals surface area contributed by atoms with Gasteiger partial charge in [0, 0.05) is 35.3 Å². The minimum absolute atomic E-state index is 0.00179. The highest BCUT2D eigenvalue weighted by atomic mass is 32.2. The van der Waals surface area contributed by atoms with E-state index in [9.17, 15) is 35.6 Å². The van der Waals surface area contributed by atoms with Crippen molar-refractivity contribution in [3.63, 3.8) is 0 Å². The fraction of sp³-hybridized carbons (Fsp3) is 0.133. The lowest BCUT2D eigenvalue weighted by molar-refractivity contribution is -0.153. The topological polar surface area (TPSA) is 167 Å². The number of alkyl halides is 3. The van der Waals surface area contributed by atoms with Crippen LogP contribution in [0, 0.1) is 5.82 Å². The Kier molecular flexibility index (Phi) is 9.01. The van der Waals surface area contributed by atoms with Crippen molar-refractivity contribution in [3.05, 3.63) is 96.4 Å². The zero-order valence-corrected chi connectivity index (χ0v) is 25.0. The molecule has 5 rings (SSSR count). The fourth-order valence-electron chi connectivity index (χ4n) is 4.32. The Hall–Kier alpha value is -5.71. The number of hydrogen-bond donors (Lipinski definition) is 3. The van der Waals surface area contributed by atoms with Crippen molar-refractivity contribution >= 4 is 44.8 Å². The van der Waals surface area contributed by atoms with E-state index < -0.39 is 46.5 Å². The van der Waals surface area contributed by atoms with E-state index in [2.05, 4.69) is 20.7 Å². The molecule has 5 aromatic rings. The van der Waals surface area contributed by atoms with Crippen molar-refractivity contribution in [2.24, 2.45) is 5.73 Å². The molecule has 0 saturated heterocycles. The van der Waals surface area contributed by atoms with E-state index in [1.54, 1.807) is 42.6 Å². The largest absolute Gasteiger partial charge is 0.482 e. The minimum Gasteiger partial charge on any atom is -0.482 e. The molecule has 0 saturated carbocycles. The van der Waals surface area contributed by atoms with Crippen LogP contribution in [0.4, 0.5) is 39.7 Å². The molecule has 2 aromatic heterocycles. The number of anilines is 3. The number of amides is 2. The predicted molar refractivity (Wildman–Crippen MR) is 161 cm³/mol. The summed E-state index contributed by atoms with van der Waals surface area (Å²) in [6.45, 7) is -1.64. The molecule has 0 radical (unpaired) electrons. The lowest BCUT2D eigenvalue weighted by Crippen LogP contribution is -2.28. The van der Waals surface area contributed by atoms with Gasteiger partial charge in [-0.3, -0.25) is 4.79 Å². The van der Waals surface area contributed by atoms with Crippen LogP contribution in [0.15, 0.2) is 90.0 Å². The van der Waals surface area contributed by atoms with Gasteiger partial charge in [-0.05, 0) is 54.1 Å². The van der Waals surface area contributed by atoms with E-state index in [1.807, 2.05) is 0 Å². The second kappa shape index (κ2) is 13.0. The smallest absolute Gasteiger partial charge is 0.422 e. The standard InChI is InChI=1S/C30H24F4N6O6S/c1-47(43,44)22-11-12-23(24(14-22)45-16-30(32,33)34)37-29-38-25-13-6-19(15-40(25)39-29)17-4-9-21(10-5-17)36-27(41)26(46-28(35)42)18-2-7-20(31)8-3-18/h2-15,26H,16H2,1H3,(H2,35,42)(H,36,41)(H,37,39)/t26-/m1/s1. The van der Waals surface area contributed by atoms with Crippen LogP contribution >= 0.6 is 0 Å². The summed E-state index contributed by atoms with van der Waals surface area (Å²) >= 11 is 0.